The van der Waals surface area contributed by atoms with Gasteiger partial charge in [-0.15, -0.1) is 0 Å². The lowest BCUT2D eigenvalue weighted by molar-refractivity contribution is 0.170. The highest BCUT2D eigenvalue weighted by atomic mass is 19.1. The molecule has 0 spiro atoms. The van der Waals surface area contributed by atoms with Crippen LogP contribution in [0.3, 0.4) is 0 Å². The molecule has 2 aliphatic carbocycles. The number of nitrogens with two attached hydrogens (primary N) is 1. The van der Waals surface area contributed by atoms with Crippen LogP contribution in [0, 0.1) is 11.7 Å². The van der Waals surface area contributed by atoms with Crippen molar-refractivity contribution in [3.05, 3.63) is 36.3 Å². The summed E-state index contributed by atoms with van der Waals surface area (Å²) in [5.74, 6) is 1.16. The van der Waals surface area contributed by atoms with E-state index in [-0.39, 0.29) is 24.5 Å². The van der Waals surface area contributed by atoms with Crippen LogP contribution in [-0.4, -0.2) is 43.3 Å². The van der Waals surface area contributed by atoms with Crippen LogP contribution < -0.4 is 16.4 Å². The van der Waals surface area contributed by atoms with Gasteiger partial charge in [0.15, 0.2) is 5.65 Å². The van der Waals surface area contributed by atoms with Gasteiger partial charge in [-0.3, -0.25) is 4.57 Å². The van der Waals surface area contributed by atoms with Crippen LogP contribution in [-0.2, 0) is 0 Å². The van der Waals surface area contributed by atoms with E-state index in [0.29, 0.717) is 35.1 Å². The van der Waals surface area contributed by atoms with Gasteiger partial charge >= 0.3 is 0 Å². The molecule has 3 aromatic rings. The molecule has 0 amide bonds. The predicted molar refractivity (Wildman–Crippen MR) is 127 cm³/mol. The van der Waals surface area contributed by atoms with E-state index in [1.165, 1.54) is 6.07 Å². The van der Waals surface area contributed by atoms with Crippen molar-refractivity contribution in [2.75, 3.05) is 17.2 Å². The van der Waals surface area contributed by atoms with Gasteiger partial charge in [-0.1, -0.05) is 12.1 Å². The number of fused-ring (bicyclic) bond motifs is 1. The molecule has 0 bridgehead atoms. The Morgan fingerprint density at radius 2 is 1.79 bits per heavy atom. The second kappa shape index (κ2) is 9.61. The molecular weight excluding hydrogens is 421 g/mol. The summed E-state index contributed by atoms with van der Waals surface area (Å²) in [5, 5.41) is 16.2. The minimum Gasteiger partial charge on any atom is -0.396 e. The van der Waals surface area contributed by atoms with Crippen molar-refractivity contribution in [1.82, 2.24) is 19.5 Å². The minimum absolute atomic E-state index is 0.169. The quantitative estimate of drug-likeness (QED) is 0.444. The Balaban J connectivity index is 1.48. The second-order valence-corrected chi connectivity index (χ2v) is 9.43. The van der Waals surface area contributed by atoms with Crippen molar-refractivity contribution in [3.63, 3.8) is 0 Å². The maximum absolute atomic E-state index is 14.4. The molecule has 9 heteroatoms. The van der Waals surface area contributed by atoms with Crippen molar-refractivity contribution in [3.8, 4) is 0 Å². The molecule has 2 fully saturated rings. The van der Waals surface area contributed by atoms with Crippen molar-refractivity contribution in [2.45, 2.75) is 69.5 Å². The average molecular weight is 454 g/mol. The van der Waals surface area contributed by atoms with Crippen LogP contribution in [0.4, 0.5) is 22.0 Å². The normalized spacial score (nSPS) is 25.8. The minimum atomic E-state index is -0.330. The van der Waals surface area contributed by atoms with Gasteiger partial charge in [0.1, 0.15) is 11.3 Å². The number of hydrogen-bond acceptors (Lipinski definition) is 7. The van der Waals surface area contributed by atoms with E-state index in [1.807, 2.05) is 0 Å². The Bertz CT molecular complexity index is 1090. The molecule has 2 saturated carbocycles. The Morgan fingerprint density at radius 1 is 1.03 bits per heavy atom. The van der Waals surface area contributed by atoms with Crippen LogP contribution in [0.15, 0.2) is 30.5 Å². The number of aromatic nitrogens is 4. The molecule has 0 atom stereocenters. The van der Waals surface area contributed by atoms with Gasteiger partial charge in [0.2, 0.25) is 11.9 Å². The number of para-hydroxylation sites is 1. The van der Waals surface area contributed by atoms with E-state index in [2.05, 4.69) is 20.2 Å². The van der Waals surface area contributed by atoms with Crippen molar-refractivity contribution < 1.29 is 9.50 Å². The zero-order chi connectivity index (χ0) is 22.8. The Morgan fingerprint density at radius 3 is 2.52 bits per heavy atom. The lowest BCUT2D eigenvalue weighted by Crippen LogP contribution is -2.33. The van der Waals surface area contributed by atoms with E-state index >= 15 is 0 Å². The third-order valence-corrected chi connectivity index (χ3v) is 7.10. The maximum atomic E-state index is 14.4. The summed E-state index contributed by atoms with van der Waals surface area (Å²) in [7, 11) is 0. The van der Waals surface area contributed by atoms with Gasteiger partial charge < -0.3 is 21.5 Å². The molecule has 2 aromatic heterocycles. The largest absolute Gasteiger partial charge is 0.396 e. The van der Waals surface area contributed by atoms with E-state index in [9.17, 15) is 9.50 Å². The standard InChI is InChI=1S/C24H32FN7O/c25-19-3-1-2-4-20(19)29-24-30-21-13-27-23(28-17-9-7-16(26)8-10-17)31-22(21)32(24)18-11-5-15(14-33)6-12-18/h1-4,13,15-18,33H,5-12,14,26H2,(H,29,30)(H,27,28,31). The van der Waals surface area contributed by atoms with Crippen LogP contribution in [0.2, 0.25) is 0 Å². The number of aliphatic hydroxyl groups is 1. The first-order valence-electron chi connectivity index (χ1n) is 12.0. The first-order chi connectivity index (χ1) is 16.1. The zero-order valence-electron chi connectivity index (χ0n) is 18.8. The number of nitrogens with zero attached hydrogens (tertiary/aromatic N) is 4. The highest BCUT2D eigenvalue weighted by Gasteiger charge is 2.27. The Kier molecular flexibility index (Phi) is 6.41. The Labute approximate surface area is 192 Å². The summed E-state index contributed by atoms with van der Waals surface area (Å²) in [5.41, 5.74) is 7.84. The monoisotopic (exact) mass is 453 g/mol. The Hall–Kier alpha value is -2.78. The first-order valence-corrected chi connectivity index (χ1v) is 12.0. The molecule has 0 saturated heterocycles. The zero-order valence-corrected chi connectivity index (χ0v) is 18.8. The predicted octanol–water partition coefficient (Wildman–Crippen LogP) is 4.11. The molecule has 1 aromatic carbocycles. The van der Waals surface area contributed by atoms with E-state index in [1.54, 1.807) is 24.4 Å². The van der Waals surface area contributed by atoms with Gasteiger partial charge in [0.25, 0.3) is 0 Å². The number of hydrogen-bond donors (Lipinski definition) is 4. The number of aliphatic hydroxyl groups excluding tert-OH is 1. The summed E-state index contributed by atoms with van der Waals surface area (Å²) in [4.78, 5) is 14.1. The molecular formula is C24H32FN7O. The lowest BCUT2D eigenvalue weighted by Gasteiger charge is -2.29. The van der Waals surface area contributed by atoms with E-state index < -0.39 is 0 Å². The van der Waals surface area contributed by atoms with Gasteiger partial charge in [0, 0.05) is 24.7 Å². The third kappa shape index (κ3) is 4.79. The number of imidazole rings is 1. The van der Waals surface area contributed by atoms with Gasteiger partial charge in [-0.2, -0.15) is 4.98 Å². The average Bonchev–Trinajstić information content (AvgIpc) is 3.19. The highest BCUT2D eigenvalue weighted by Crippen LogP contribution is 2.37. The molecule has 0 unspecified atom stereocenters. The van der Waals surface area contributed by atoms with Crippen LogP contribution in [0.1, 0.15) is 57.4 Å². The fourth-order valence-electron chi connectivity index (χ4n) is 5.11. The maximum Gasteiger partial charge on any atom is 0.224 e. The molecule has 0 aliphatic heterocycles. The smallest absolute Gasteiger partial charge is 0.224 e. The molecule has 2 aliphatic rings. The van der Waals surface area contributed by atoms with E-state index in [0.717, 1.165) is 57.0 Å². The number of rotatable bonds is 6. The summed E-state index contributed by atoms with van der Waals surface area (Å²) in [6.07, 6.45) is 9.47. The molecule has 33 heavy (non-hydrogen) atoms. The highest BCUT2D eigenvalue weighted by molar-refractivity contribution is 5.76. The topological polar surface area (TPSA) is 114 Å². The van der Waals surface area contributed by atoms with Crippen molar-refractivity contribution >= 4 is 28.7 Å². The van der Waals surface area contributed by atoms with Crippen molar-refractivity contribution in [1.29, 1.82) is 0 Å². The molecule has 0 radical (unpaired) electrons. The van der Waals surface area contributed by atoms with Gasteiger partial charge in [-0.05, 0) is 69.4 Å². The van der Waals surface area contributed by atoms with E-state index in [4.69, 9.17) is 15.7 Å². The second-order valence-electron chi connectivity index (χ2n) is 9.43. The summed E-state index contributed by atoms with van der Waals surface area (Å²) < 4.78 is 16.5. The number of benzene rings is 1. The van der Waals surface area contributed by atoms with Crippen molar-refractivity contribution in [2.24, 2.45) is 11.7 Å². The first kappa shape index (κ1) is 22.0. The molecule has 8 nitrogen and oxygen atoms in total. The summed E-state index contributed by atoms with van der Waals surface area (Å²) in [6, 6.07) is 7.36. The summed E-state index contributed by atoms with van der Waals surface area (Å²) in [6.45, 7) is 0.221. The molecule has 2 heterocycles. The number of nitrogens with one attached hydrogen (secondary N) is 2. The fourth-order valence-corrected chi connectivity index (χ4v) is 5.11. The molecule has 5 rings (SSSR count). The van der Waals surface area contributed by atoms with Crippen LogP contribution >= 0.6 is 0 Å². The molecule has 5 N–H and O–H groups in total. The number of halogens is 1. The summed E-state index contributed by atoms with van der Waals surface area (Å²) >= 11 is 0. The van der Waals surface area contributed by atoms with Crippen LogP contribution in [0.5, 0.6) is 0 Å². The fraction of sp³-hybridized carbons (Fsp3) is 0.542. The van der Waals surface area contributed by atoms with Crippen LogP contribution in [0.25, 0.3) is 11.2 Å². The van der Waals surface area contributed by atoms with Gasteiger partial charge in [0.05, 0.1) is 11.9 Å². The van der Waals surface area contributed by atoms with Gasteiger partial charge in [-0.25, -0.2) is 14.4 Å². The third-order valence-electron chi connectivity index (χ3n) is 7.10. The molecule has 176 valence electrons. The lowest BCUT2D eigenvalue weighted by atomic mass is 9.86. The number of anilines is 3. The SMILES string of the molecule is NC1CCC(Nc2ncc3nc(Nc4ccccc4F)n(C4CCC(CO)CC4)c3n2)CC1.